The van der Waals surface area contributed by atoms with Crippen LogP contribution in [0.5, 0.6) is 0 Å². The Morgan fingerprint density at radius 3 is 2.79 bits per heavy atom. The molecule has 0 fully saturated rings. The Morgan fingerprint density at radius 2 is 2.00 bits per heavy atom. The molecule has 2 heteroatoms. The van der Waals surface area contributed by atoms with E-state index in [1.165, 1.54) is 0 Å². The molecule has 0 amide bonds. The number of carbonyl (C=O) groups excluding carboxylic acids is 1. The molecule has 72 valence electrons. The largest absolute Gasteiger partial charge is 0.458 e. The van der Waals surface area contributed by atoms with Gasteiger partial charge in [-0.3, -0.25) is 0 Å². The van der Waals surface area contributed by atoms with Gasteiger partial charge in [0.1, 0.15) is 6.61 Å². The third kappa shape index (κ3) is 3.27. The zero-order valence-corrected chi connectivity index (χ0v) is 7.85. The lowest BCUT2D eigenvalue weighted by molar-refractivity contribution is -0.137. The van der Waals surface area contributed by atoms with Crippen molar-refractivity contribution >= 4 is 5.97 Å². The Balaban J connectivity index is 2.66. The van der Waals surface area contributed by atoms with E-state index in [9.17, 15) is 4.79 Å². The Hall–Kier alpha value is -1.83. The summed E-state index contributed by atoms with van der Waals surface area (Å²) < 4.78 is 4.89. The van der Waals surface area contributed by atoms with E-state index in [0.29, 0.717) is 5.57 Å². The van der Waals surface area contributed by atoms with Crippen LogP contribution in [0, 0.1) is 0 Å². The highest BCUT2D eigenvalue weighted by molar-refractivity contribution is 5.92. The summed E-state index contributed by atoms with van der Waals surface area (Å²) in [5.74, 6) is -0.332. The highest BCUT2D eigenvalue weighted by Gasteiger charge is 2.05. The van der Waals surface area contributed by atoms with Gasteiger partial charge in [0.15, 0.2) is 0 Å². The molecule has 0 atom stereocenters. The number of rotatable bonds is 3. The van der Waals surface area contributed by atoms with Gasteiger partial charge in [-0.15, -0.1) is 0 Å². The minimum absolute atomic E-state index is 0.240. The summed E-state index contributed by atoms with van der Waals surface area (Å²) in [4.78, 5) is 11.4. The Bertz CT molecular complexity index is 330. The predicted molar refractivity (Wildman–Crippen MR) is 56.7 cm³/mol. The van der Waals surface area contributed by atoms with Crippen LogP contribution in [-0.2, 0) is 9.53 Å². The van der Waals surface area contributed by atoms with E-state index in [2.05, 4.69) is 6.58 Å². The van der Waals surface area contributed by atoms with Gasteiger partial charge >= 0.3 is 5.97 Å². The van der Waals surface area contributed by atoms with Crippen LogP contribution < -0.4 is 0 Å². The second-order valence-electron chi connectivity index (χ2n) is 2.64. The normalized spacial score (nSPS) is 24.7. The summed E-state index contributed by atoms with van der Waals surface area (Å²) in [6.07, 6.45) is 14.2. The lowest BCUT2D eigenvalue weighted by Crippen LogP contribution is -2.06. The van der Waals surface area contributed by atoms with E-state index >= 15 is 0 Å². The minimum atomic E-state index is -0.332. The van der Waals surface area contributed by atoms with Crippen LogP contribution in [0.1, 0.15) is 0 Å². The highest BCUT2D eigenvalue weighted by Crippen LogP contribution is 2.03. The zero-order valence-electron chi connectivity index (χ0n) is 7.85. The SMILES string of the molecule is C=CCOC(=O)C1=C/C=C\C=C/C=C\1. The summed E-state index contributed by atoms with van der Waals surface area (Å²) in [7, 11) is 0. The van der Waals surface area contributed by atoms with Gasteiger partial charge in [0, 0.05) is 0 Å². The zero-order chi connectivity index (χ0) is 10.2. The fourth-order valence-corrected chi connectivity index (χ4v) is 0.920. The van der Waals surface area contributed by atoms with E-state index in [1.807, 2.05) is 18.2 Å². The van der Waals surface area contributed by atoms with Gasteiger partial charge in [0.2, 0.25) is 0 Å². The number of hydrogen-bond acceptors (Lipinski definition) is 2. The fourth-order valence-electron chi connectivity index (χ4n) is 0.920. The van der Waals surface area contributed by atoms with E-state index in [4.69, 9.17) is 4.74 Å². The van der Waals surface area contributed by atoms with E-state index in [1.54, 1.807) is 30.4 Å². The molecule has 1 aliphatic rings. The maximum atomic E-state index is 11.4. The molecular formula is C12H12O2. The van der Waals surface area contributed by atoms with Gasteiger partial charge in [0.05, 0.1) is 5.57 Å². The van der Waals surface area contributed by atoms with Crippen molar-refractivity contribution in [2.75, 3.05) is 6.61 Å². The molecule has 0 aromatic carbocycles. The molecular weight excluding hydrogens is 176 g/mol. The molecule has 0 saturated carbocycles. The van der Waals surface area contributed by atoms with Crippen molar-refractivity contribution < 1.29 is 9.53 Å². The smallest absolute Gasteiger partial charge is 0.338 e. The first kappa shape index (κ1) is 10.3. The molecule has 0 heterocycles. The molecule has 1 aliphatic carbocycles. The van der Waals surface area contributed by atoms with E-state index in [-0.39, 0.29) is 12.6 Å². The van der Waals surface area contributed by atoms with Crippen molar-refractivity contribution in [3.05, 3.63) is 60.8 Å². The van der Waals surface area contributed by atoms with Crippen LogP contribution in [0.15, 0.2) is 60.8 Å². The lowest BCUT2D eigenvalue weighted by Gasteiger charge is -2.01. The van der Waals surface area contributed by atoms with Gasteiger partial charge in [-0.05, 0) is 12.2 Å². The topological polar surface area (TPSA) is 26.3 Å². The van der Waals surface area contributed by atoms with Crippen molar-refractivity contribution in [2.24, 2.45) is 0 Å². The molecule has 0 aromatic heterocycles. The molecule has 0 radical (unpaired) electrons. The second kappa shape index (κ2) is 5.75. The molecule has 0 aromatic rings. The monoisotopic (exact) mass is 188 g/mol. The highest BCUT2D eigenvalue weighted by atomic mass is 16.5. The summed E-state index contributed by atoms with van der Waals surface area (Å²) in [5.41, 5.74) is 0.535. The summed E-state index contributed by atoms with van der Waals surface area (Å²) in [6, 6.07) is 0. The van der Waals surface area contributed by atoms with Crippen molar-refractivity contribution in [1.82, 2.24) is 0 Å². The maximum absolute atomic E-state index is 11.4. The number of ether oxygens (including phenoxy) is 1. The molecule has 2 nitrogen and oxygen atoms in total. The quantitative estimate of drug-likeness (QED) is 0.502. The third-order valence-electron chi connectivity index (χ3n) is 1.56. The molecule has 1 rings (SSSR count). The van der Waals surface area contributed by atoms with Crippen LogP contribution >= 0.6 is 0 Å². The van der Waals surface area contributed by atoms with Crippen molar-refractivity contribution in [3.63, 3.8) is 0 Å². The molecule has 0 unspecified atom stereocenters. The van der Waals surface area contributed by atoms with E-state index < -0.39 is 0 Å². The number of hydrogen-bond donors (Lipinski definition) is 0. The molecule has 0 saturated heterocycles. The number of carbonyl (C=O) groups is 1. The molecule has 0 N–H and O–H groups in total. The Labute approximate surface area is 83.6 Å². The molecule has 0 aliphatic heterocycles. The van der Waals surface area contributed by atoms with Crippen LogP contribution in [-0.4, -0.2) is 12.6 Å². The van der Waals surface area contributed by atoms with Crippen molar-refractivity contribution in [3.8, 4) is 0 Å². The number of esters is 1. The Morgan fingerprint density at radius 1 is 1.29 bits per heavy atom. The standard InChI is InChI=1S/C12H12O2/c1-2-10-14-12(13)11-8-6-4-3-5-7-9-11/h2-9H,1,10H2/b4-3-,5-3?,6-4?,7-5-,8-6-,9-7?,11-8?,11-9+. The van der Waals surface area contributed by atoms with Crippen molar-refractivity contribution in [2.45, 2.75) is 0 Å². The summed E-state index contributed by atoms with van der Waals surface area (Å²) in [5, 5.41) is 0. The van der Waals surface area contributed by atoms with Gasteiger partial charge < -0.3 is 4.74 Å². The third-order valence-corrected chi connectivity index (χ3v) is 1.56. The van der Waals surface area contributed by atoms with Crippen LogP contribution in [0.4, 0.5) is 0 Å². The fraction of sp³-hybridized carbons (Fsp3) is 0.0833. The van der Waals surface area contributed by atoms with Crippen molar-refractivity contribution in [1.29, 1.82) is 0 Å². The van der Waals surface area contributed by atoms with Gasteiger partial charge in [-0.25, -0.2) is 4.79 Å². The molecule has 0 spiro atoms. The minimum Gasteiger partial charge on any atom is -0.458 e. The Kier molecular flexibility index (Phi) is 4.21. The van der Waals surface area contributed by atoms with Crippen LogP contribution in [0.25, 0.3) is 0 Å². The average Bonchev–Trinajstić information content (AvgIpc) is 2.13. The maximum Gasteiger partial charge on any atom is 0.338 e. The first-order chi connectivity index (χ1) is 6.84. The van der Waals surface area contributed by atoms with Gasteiger partial charge in [-0.1, -0.05) is 43.0 Å². The first-order valence-corrected chi connectivity index (χ1v) is 4.34. The van der Waals surface area contributed by atoms with Gasteiger partial charge in [0.25, 0.3) is 0 Å². The van der Waals surface area contributed by atoms with Crippen LogP contribution in [0.2, 0.25) is 0 Å². The predicted octanol–water partition coefficient (Wildman–Crippen LogP) is 2.32. The summed E-state index contributed by atoms with van der Waals surface area (Å²) in [6.45, 7) is 3.71. The second-order valence-corrected chi connectivity index (χ2v) is 2.64. The summed E-state index contributed by atoms with van der Waals surface area (Å²) >= 11 is 0. The van der Waals surface area contributed by atoms with Gasteiger partial charge in [-0.2, -0.15) is 0 Å². The average molecular weight is 188 g/mol. The molecule has 0 bridgehead atoms. The lowest BCUT2D eigenvalue weighted by atomic mass is 10.2. The molecule has 14 heavy (non-hydrogen) atoms. The number of allylic oxidation sites excluding steroid dienone is 6. The van der Waals surface area contributed by atoms with E-state index in [0.717, 1.165) is 0 Å². The van der Waals surface area contributed by atoms with Crippen LogP contribution in [0.3, 0.4) is 0 Å². The first-order valence-electron chi connectivity index (χ1n) is 4.34.